The molecule has 1 aliphatic heterocycles. The van der Waals surface area contributed by atoms with Crippen LogP contribution >= 0.6 is 0 Å². The van der Waals surface area contributed by atoms with Crippen molar-refractivity contribution in [2.75, 3.05) is 13.1 Å². The van der Waals surface area contributed by atoms with Crippen LogP contribution in [-0.2, 0) is 0 Å². The molecule has 1 amide bonds. The maximum Gasteiger partial charge on any atom is 0.253 e. The number of amides is 1. The Balaban J connectivity index is 2.11. The molecule has 1 saturated heterocycles. The number of carbonyl (C=O) groups is 1. The van der Waals surface area contributed by atoms with Gasteiger partial charge in [-0.05, 0) is 37.0 Å². The molecule has 88 valence electrons. The summed E-state index contributed by atoms with van der Waals surface area (Å²) in [5.41, 5.74) is 1.47. The van der Waals surface area contributed by atoms with E-state index in [1.165, 1.54) is 0 Å². The third kappa shape index (κ3) is 2.68. The zero-order chi connectivity index (χ0) is 12.3. The molecule has 1 fully saturated rings. The van der Waals surface area contributed by atoms with Crippen LogP contribution in [0.2, 0.25) is 0 Å². The third-order valence-electron chi connectivity index (χ3n) is 3.35. The Bertz CT molecular complexity index is 450. The summed E-state index contributed by atoms with van der Waals surface area (Å²) in [6.07, 6.45) is 7.54. The van der Waals surface area contributed by atoms with E-state index in [0.717, 1.165) is 37.4 Å². The fraction of sp³-hybridized carbons (Fsp3) is 0.400. The predicted molar refractivity (Wildman–Crippen MR) is 68.7 cm³/mol. The summed E-state index contributed by atoms with van der Waals surface area (Å²) in [7, 11) is 0. The highest BCUT2D eigenvalue weighted by Crippen LogP contribution is 2.18. The van der Waals surface area contributed by atoms with E-state index < -0.39 is 0 Å². The lowest BCUT2D eigenvalue weighted by Crippen LogP contribution is -2.37. The van der Waals surface area contributed by atoms with Crippen LogP contribution in [0, 0.1) is 18.3 Å². The maximum absolute atomic E-state index is 12.2. The normalized spacial score (nSPS) is 16.6. The second-order valence-electron chi connectivity index (χ2n) is 4.70. The molecule has 0 radical (unpaired) electrons. The first-order chi connectivity index (χ1) is 8.20. The average molecular weight is 227 g/mol. The van der Waals surface area contributed by atoms with Crippen LogP contribution in [-0.4, -0.2) is 23.9 Å². The number of hydrogen-bond donors (Lipinski definition) is 0. The molecule has 1 aromatic rings. The number of carbonyl (C=O) groups excluding carboxylic acids is 1. The molecule has 0 bridgehead atoms. The van der Waals surface area contributed by atoms with Crippen LogP contribution in [0.1, 0.15) is 35.7 Å². The summed E-state index contributed by atoms with van der Waals surface area (Å²) in [6.45, 7) is 3.96. The highest BCUT2D eigenvalue weighted by molar-refractivity contribution is 5.94. The van der Waals surface area contributed by atoms with Gasteiger partial charge in [0.15, 0.2) is 0 Å². The molecular formula is C15H17NO. The van der Waals surface area contributed by atoms with E-state index in [9.17, 15) is 4.79 Å². The minimum absolute atomic E-state index is 0.106. The number of likely N-dealkylation sites (tertiary alicyclic amines) is 1. The van der Waals surface area contributed by atoms with Gasteiger partial charge in [-0.1, -0.05) is 18.9 Å². The Labute approximate surface area is 103 Å². The second-order valence-corrected chi connectivity index (χ2v) is 4.70. The smallest absolute Gasteiger partial charge is 0.253 e. The molecule has 0 aliphatic carbocycles. The quantitative estimate of drug-likeness (QED) is 0.675. The summed E-state index contributed by atoms with van der Waals surface area (Å²) < 4.78 is 0. The Morgan fingerprint density at radius 2 is 2.12 bits per heavy atom. The first-order valence-corrected chi connectivity index (χ1v) is 6.06. The fourth-order valence-electron chi connectivity index (χ4n) is 2.14. The van der Waals surface area contributed by atoms with Crippen LogP contribution in [0.25, 0.3) is 0 Å². The van der Waals surface area contributed by atoms with E-state index in [1.54, 1.807) is 6.07 Å². The van der Waals surface area contributed by atoms with Crippen molar-refractivity contribution in [3.63, 3.8) is 0 Å². The topological polar surface area (TPSA) is 20.3 Å². The Kier molecular flexibility index (Phi) is 3.49. The van der Waals surface area contributed by atoms with Gasteiger partial charge in [-0.2, -0.15) is 0 Å². The SMILES string of the molecule is C#Cc1cccc(C(=O)N2CCC(C)CC2)c1. The Hall–Kier alpha value is -1.75. The predicted octanol–water partition coefficient (Wildman–Crippen LogP) is 2.54. The second kappa shape index (κ2) is 5.05. The minimum Gasteiger partial charge on any atom is -0.339 e. The molecule has 0 aromatic heterocycles. The molecule has 1 aliphatic rings. The zero-order valence-electron chi connectivity index (χ0n) is 10.1. The molecule has 2 rings (SSSR count). The van der Waals surface area contributed by atoms with Crippen molar-refractivity contribution in [3.8, 4) is 12.3 Å². The Morgan fingerprint density at radius 3 is 2.76 bits per heavy atom. The lowest BCUT2D eigenvalue weighted by molar-refractivity contribution is 0.0697. The van der Waals surface area contributed by atoms with E-state index in [1.807, 2.05) is 23.1 Å². The third-order valence-corrected chi connectivity index (χ3v) is 3.35. The van der Waals surface area contributed by atoms with Crippen molar-refractivity contribution in [3.05, 3.63) is 35.4 Å². The molecule has 0 saturated carbocycles. The monoisotopic (exact) mass is 227 g/mol. The molecule has 2 nitrogen and oxygen atoms in total. The molecule has 2 heteroatoms. The standard InChI is InChI=1S/C15H17NO/c1-3-13-5-4-6-14(11-13)15(17)16-9-7-12(2)8-10-16/h1,4-6,11-12H,7-10H2,2H3. The van der Waals surface area contributed by atoms with Crippen LogP contribution in [0.3, 0.4) is 0 Å². The van der Waals surface area contributed by atoms with Crippen LogP contribution in [0.5, 0.6) is 0 Å². The summed E-state index contributed by atoms with van der Waals surface area (Å²) in [5, 5.41) is 0. The molecule has 1 heterocycles. The van der Waals surface area contributed by atoms with Crippen molar-refractivity contribution >= 4 is 5.91 Å². The summed E-state index contributed by atoms with van der Waals surface area (Å²) in [4.78, 5) is 14.2. The largest absolute Gasteiger partial charge is 0.339 e. The zero-order valence-corrected chi connectivity index (χ0v) is 10.1. The number of hydrogen-bond acceptors (Lipinski definition) is 1. The molecular weight excluding hydrogens is 210 g/mol. The van der Waals surface area contributed by atoms with Crippen LogP contribution in [0.15, 0.2) is 24.3 Å². The van der Waals surface area contributed by atoms with E-state index >= 15 is 0 Å². The van der Waals surface area contributed by atoms with Gasteiger partial charge in [-0.15, -0.1) is 6.42 Å². The highest BCUT2D eigenvalue weighted by atomic mass is 16.2. The van der Waals surface area contributed by atoms with Gasteiger partial charge in [0.25, 0.3) is 5.91 Å². The van der Waals surface area contributed by atoms with Gasteiger partial charge >= 0.3 is 0 Å². The minimum atomic E-state index is 0.106. The molecule has 0 spiro atoms. The average Bonchev–Trinajstić information content (AvgIpc) is 2.39. The number of benzene rings is 1. The van der Waals surface area contributed by atoms with Gasteiger partial charge in [0.1, 0.15) is 0 Å². The van der Waals surface area contributed by atoms with Crippen molar-refractivity contribution in [1.29, 1.82) is 0 Å². The summed E-state index contributed by atoms with van der Waals surface area (Å²) >= 11 is 0. The number of piperidine rings is 1. The Morgan fingerprint density at radius 1 is 1.41 bits per heavy atom. The van der Waals surface area contributed by atoms with Crippen molar-refractivity contribution < 1.29 is 4.79 Å². The van der Waals surface area contributed by atoms with Gasteiger partial charge in [-0.25, -0.2) is 0 Å². The molecule has 0 atom stereocenters. The van der Waals surface area contributed by atoms with E-state index in [-0.39, 0.29) is 5.91 Å². The highest BCUT2D eigenvalue weighted by Gasteiger charge is 2.21. The van der Waals surface area contributed by atoms with Crippen molar-refractivity contribution in [1.82, 2.24) is 4.90 Å². The first kappa shape index (κ1) is 11.7. The van der Waals surface area contributed by atoms with Gasteiger partial charge in [-0.3, -0.25) is 4.79 Å². The molecule has 0 unspecified atom stereocenters. The van der Waals surface area contributed by atoms with Crippen LogP contribution < -0.4 is 0 Å². The number of nitrogens with zero attached hydrogens (tertiary/aromatic N) is 1. The molecule has 1 aromatic carbocycles. The summed E-state index contributed by atoms with van der Waals surface area (Å²) in [5.74, 6) is 3.40. The van der Waals surface area contributed by atoms with Gasteiger partial charge in [0.2, 0.25) is 0 Å². The van der Waals surface area contributed by atoms with Crippen molar-refractivity contribution in [2.24, 2.45) is 5.92 Å². The maximum atomic E-state index is 12.2. The lowest BCUT2D eigenvalue weighted by atomic mass is 9.98. The van der Waals surface area contributed by atoms with Gasteiger partial charge in [0.05, 0.1) is 0 Å². The van der Waals surface area contributed by atoms with E-state index in [4.69, 9.17) is 6.42 Å². The summed E-state index contributed by atoms with van der Waals surface area (Å²) in [6, 6.07) is 7.31. The number of rotatable bonds is 1. The van der Waals surface area contributed by atoms with Gasteiger partial charge in [0, 0.05) is 24.2 Å². The van der Waals surface area contributed by atoms with E-state index in [0.29, 0.717) is 5.56 Å². The van der Waals surface area contributed by atoms with E-state index in [2.05, 4.69) is 12.8 Å². The van der Waals surface area contributed by atoms with Crippen LogP contribution in [0.4, 0.5) is 0 Å². The molecule has 17 heavy (non-hydrogen) atoms. The number of terminal acetylenes is 1. The lowest BCUT2D eigenvalue weighted by Gasteiger charge is -2.30. The molecule has 0 N–H and O–H groups in total. The first-order valence-electron chi connectivity index (χ1n) is 6.06. The fourth-order valence-corrected chi connectivity index (χ4v) is 2.14. The van der Waals surface area contributed by atoms with Crippen molar-refractivity contribution in [2.45, 2.75) is 19.8 Å². The van der Waals surface area contributed by atoms with Gasteiger partial charge < -0.3 is 4.90 Å².